The van der Waals surface area contributed by atoms with Gasteiger partial charge in [0.2, 0.25) is 0 Å². The molecule has 7 nitrogen and oxygen atoms in total. The van der Waals surface area contributed by atoms with E-state index in [1.54, 1.807) is 13.1 Å². The van der Waals surface area contributed by atoms with Gasteiger partial charge in [0.15, 0.2) is 0 Å². The van der Waals surface area contributed by atoms with Crippen LogP contribution in [0.4, 0.5) is 0 Å². The van der Waals surface area contributed by atoms with Gasteiger partial charge in [-0.15, -0.1) is 11.3 Å². The van der Waals surface area contributed by atoms with Gasteiger partial charge in [-0.25, -0.2) is 4.98 Å². The summed E-state index contributed by atoms with van der Waals surface area (Å²) in [6, 6.07) is 5.54. The van der Waals surface area contributed by atoms with Crippen molar-refractivity contribution in [3.63, 3.8) is 0 Å². The maximum absolute atomic E-state index is 12.5. The fraction of sp³-hybridized carbons (Fsp3) is 0.294. The van der Waals surface area contributed by atoms with Gasteiger partial charge in [0.25, 0.3) is 11.5 Å². The fourth-order valence-corrected chi connectivity index (χ4v) is 3.65. The highest BCUT2D eigenvalue weighted by molar-refractivity contribution is 7.20. The van der Waals surface area contributed by atoms with Gasteiger partial charge in [0.1, 0.15) is 10.7 Å². The Bertz CT molecular complexity index is 962. The van der Waals surface area contributed by atoms with Crippen LogP contribution >= 0.6 is 11.3 Å². The first kappa shape index (κ1) is 17.2. The Balaban J connectivity index is 1.88. The monoisotopic (exact) mass is 357 g/mol. The van der Waals surface area contributed by atoms with Crippen molar-refractivity contribution in [1.29, 1.82) is 0 Å². The number of aromatic amines is 1. The molecular weight excluding hydrogens is 338 g/mol. The molecular formula is C17H19N5O2S. The van der Waals surface area contributed by atoms with Gasteiger partial charge in [-0.05, 0) is 38.7 Å². The Morgan fingerprint density at radius 2 is 2.16 bits per heavy atom. The summed E-state index contributed by atoms with van der Waals surface area (Å²) in [7, 11) is 3.81. The molecule has 3 aromatic rings. The number of carbonyl (C=O) groups is 1. The van der Waals surface area contributed by atoms with Gasteiger partial charge in [-0.3, -0.25) is 14.6 Å². The number of amides is 1. The second-order valence-electron chi connectivity index (χ2n) is 5.99. The number of thiophene rings is 1. The van der Waals surface area contributed by atoms with E-state index in [-0.39, 0.29) is 11.5 Å². The second-order valence-corrected chi connectivity index (χ2v) is 6.99. The van der Waals surface area contributed by atoms with Crippen molar-refractivity contribution in [3.8, 4) is 0 Å². The van der Waals surface area contributed by atoms with E-state index < -0.39 is 0 Å². The molecule has 3 heterocycles. The minimum absolute atomic E-state index is 0.209. The average Bonchev–Trinajstić information content (AvgIpc) is 2.90. The van der Waals surface area contributed by atoms with Gasteiger partial charge < -0.3 is 15.2 Å². The van der Waals surface area contributed by atoms with Gasteiger partial charge in [0.05, 0.1) is 29.0 Å². The first-order valence-electron chi connectivity index (χ1n) is 7.81. The van der Waals surface area contributed by atoms with E-state index in [2.05, 4.69) is 20.3 Å². The molecule has 8 heteroatoms. The number of fused-ring (bicyclic) bond motifs is 1. The highest BCUT2D eigenvalue weighted by Gasteiger charge is 2.19. The number of hydrogen-bond acceptors (Lipinski definition) is 6. The quantitative estimate of drug-likeness (QED) is 0.725. The third-order valence-corrected chi connectivity index (χ3v) is 4.86. The molecule has 2 N–H and O–H groups in total. The molecule has 0 radical (unpaired) electrons. The Kier molecular flexibility index (Phi) is 4.91. The van der Waals surface area contributed by atoms with Gasteiger partial charge >= 0.3 is 0 Å². The maximum atomic E-state index is 12.5. The van der Waals surface area contributed by atoms with Crippen molar-refractivity contribution < 1.29 is 4.79 Å². The van der Waals surface area contributed by atoms with Gasteiger partial charge in [0, 0.05) is 6.20 Å². The van der Waals surface area contributed by atoms with E-state index >= 15 is 0 Å². The summed E-state index contributed by atoms with van der Waals surface area (Å²) >= 11 is 1.24. The molecule has 0 atom stereocenters. The van der Waals surface area contributed by atoms with E-state index in [0.29, 0.717) is 39.6 Å². The molecule has 1 amide bonds. The average molecular weight is 357 g/mol. The van der Waals surface area contributed by atoms with Crippen molar-refractivity contribution >= 4 is 27.5 Å². The van der Waals surface area contributed by atoms with E-state index in [4.69, 9.17) is 0 Å². The third kappa shape index (κ3) is 3.75. The van der Waals surface area contributed by atoms with E-state index in [1.807, 2.05) is 37.2 Å². The zero-order chi connectivity index (χ0) is 18.0. The molecule has 0 unspecified atom stereocenters. The number of rotatable bonds is 5. The van der Waals surface area contributed by atoms with Crippen LogP contribution in [0.2, 0.25) is 0 Å². The molecule has 25 heavy (non-hydrogen) atoms. The standard InChI is InChI=1S/C17H19N5O2S/c1-10-13-15(23)20-12(9-22(2)3)21-17(13)25-14(10)16(24)19-8-11-6-4-5-7-18-11/h4-7H,8-9H2,1-3H3,(H,19,24)(H,20,21,23). The zero-order valence-corrected chi connectivity index (χ0v) is 15.1. The smallest absolute Gasteiger partial charge is 0.262 e. The molecule has 0 spiro atoms. The molecule has 0 bridgehead atoms. The number of carbonyl (C=O) groups excluding carboxylic acids is 1. The Morgan fingerprint density at radius 3 is 2.84 bits per heavy atom. The SMILES string of the molecule is Cc1c(C(=O)NCc2ccccn2)sc2nc(CN(C)C)[nH]c(=O)c12. The summed E-state index contributed by atoms with van der Waals surface area (Å²) < 4.78 is 0. The molecule has 0 aromatic carbocycles. The molecule has 3 aromatic heterocycles. The molecule has 0 aliphatic rings. The van der Waals surface area contributed by atoms with E-state index in [1.165, 1.54) is 11.3 Å². The number of aromatic nitrogens is 3. The molecule has 0 aliphatic heterocycles. The molecule has 3 rings (SSSR count). The highest BCUT2D eigenvalue weighted by atomic mass is 32.1. The number of hydrogen-bond donors (Lipinski definition) is 2. The molecule has 0 aliphatic carbocycles. The minimum atomic E-state index is -0.222. The van der Waals surface area contributed by atoms with E-state index in [0.717, 1.165) is 5.69 Å². The van der Waals surface area contributed by atoms with Crippen LogP contribution in [0.15, 0.2) is 29.2 Å². The Morgan fingerprint density at radius 1 is 1.36 bits per heavy atom. The Hall–Kier alpha value is -2.58. The number of nitrogens with one attached hydrogen (secondary N) is 2. The maximum Gasteiger partial charge on any atom is 0.262 e. The molecule has 0 saturated carbocycles. The van der Waals surface area contributed by atoms with Gasteiger partial charge in [-0.2, -0.15) is 0 Å². The first-order valence-corrected chi connectivity index (χ1v) is 8.62. The summed E-state index contributed by atoms with van der Waals surface area (Å²) in [6.45, 7) is 2.64. The Labute approximate surface area is 148 Å². The van der Waals surface area contributed by atoms with Crippen LogP contribution in [0.3, 0.4) is 0 Å². The van der Waals surface area contributed by atoms with Crippen molar-refractivity contribution in [1.82, 2.24) is 25.2 Å². The van der Waals surface area contributed by atoms with Crippen molar-refractivity contribution in [2.75, 3.05) is 14.1 Å². The summed E-state index contributed by atoms with van der Waals surface area (Å²) in [5.41, 5.74) is 1.22. The number of pyridine rings is 1. The number of H-pyrrole nitrogens is 1. The van der Waals surface area contributed by atoms with Crippen LogP contribution in [-0.4, -0.2) is 39.9 Å². The van der Waals surface area contributed by atoms with Crippen LogP contribution in [0.25, 0.3) is 10.2 Å². The second kappa shape index (κ2) is 7.12. The van der Waals surface area contributed by atoms with Crippen LogP contribution in [0, 0.1) is 6.92 Å². The normalized spacial score (nSPS) is 11.2. The van der Waals surface area contributed by atoms with E-state index in [9.17, 15) is 9.59 Å². The van der Waals surface area contributed by atoms with Crippen LogP contribution in [-0.2, 0) is 13.1 Å². The number of aryl methyl sites for hydroxylation is 1. The lowest BCUT2D eigenvalue weighted by atomic mass is 10.2. The fourth-order valence-electron chi connectivity index (χ4n) is 2.53. The zero-order valence-electron chi connectivity index (χ0n) is 14.3. The largest absolute Gasteiger partial charge is 0.346 e. The van der Waals surface area contributed by atoms with Crippen molar-refractivity contribution in [2.45, 2.75) is 20.0 Å². The molecule has 130 valence electrons. The minimum Gasteiger partial charge on any atom is -0.346 e. The molecule has 0 saturated heterocycles. The summed E-state index contributed by atoms with van der Waals surface area (Å²) in [5.74, 6) is 0.365. The number of nitrogens with zero attached hydrogens (tertiary/aromatic N) is 3. The van der Waals surface area contributed by atoms with Crippen LogP contribution in [0.1, 0.15) is 26.8 Å². The summed E-state index contributed by atoms with van der Waals surface area (Å²) in [6.07, 6.45) is 1.68. The highest BCUT2D eigenvalue weighted by Crippen LogP contribution is 2.27. The van der Waals surface area contributed by atoms with Gasteiger partial charge in [-0.1, -0.05) is 6.07 Å². The van der Waals surface area contributed by atoms with Crippen molar-refractivity contribution in [3.05, 3.63) is 56.7 Å². The lowest BCUT2D eigenvalue weighted by Gasteiger charge is -2.07. The summed E-state index contributed by atoms with van der Waals surface area (Å²) in [5, 5.41) is 3.33. The summed E-state index contributed by atoms with van der Waals surface area (Å²) in [4.78, 5) is 39.3. The predicted octanol–water partition coefficient (Wildman–Crippen LogP) is 1.68. The lowest BCUT2D eigenvalue weighted by molar-refractivity contribution is 0.0954. The van der Waals surface area contributed by atoms with Crippen LogP contribution < -0.4 is 10.9 Å². The lowest BCUT2D eigenvalue weighted by Crippen LogP contribution is -2.23. The third-order valence-electron chi connectivity index (χ3n) is 3.68. The first-order chi connectivity index (χ1) is 12.0. The predicted molar refractivity (Wildman–Crippen MR) is 97.8 cm³/mol. The molecule has 0 fully saturated rings. The topological polar surface area (TPSA) is 91.0 Å². The van der Waals surface area contributed by atoms with Crippen molar-refractivity contribution in [2.24, 2.45) is 0 Å². The van der Waals surface area contributed by atoms with Crippen LogP contribution in [0.5, 0.6) is 0 Å².